The molecule has 0 aliphatic carbocycles. The van der Waals surface area contributed by atoms with E-state index in [1.165, 1.54) is 0 Å². The van der Waals surface area contributed by atoms with Crippen molar-refractivity contribution < 1.29 is 8.78 Å². The number of hydrogen-bond donors (Lipinski definition) is 0. The summed E-state index contributed by atoms with van der Waals surface area (Å²) in [5.41, 5.74) is 1.03. The van der Waals surface area contributed by atoms with Crippen LogP contribution in [0.25, 0.3) is 0 Å². The van der Waals surface area contributed by atoms with Crippen molar-refractivity contribution >= 4 is 19.1 Å². The van der Waals surface area contributed by atoms with E-state index >= 15 is 0 Å². The minimum atomic E-state index is -0.666. The first kappa shape index (κ1) is 12.0. The van der Waals surface area contributed by atoms with Gasteiger partial charge in [-0.1, -0.05) is 18.2 Å². The van der Waals surface area contributed by atoms with Crippen molar-refractivity contribution in [2.75, 3.05) is 22.7 Å². The number of rotatable bonds is 2. The maximum atomic E-state index is 13.6. The summed E-state index contributed by atoms with van der Waals surface area (Å²) in [4.78, 5) is 7.49. The monoisotopic (exact) mass is 258 g/mol. The van der Waals surface area contributed by atoms with E-state index in [9.17, 15) is 8.78 Å². The predicted octanol–water partition coefficient (Wildman–Crippen LogP) is 2.22. The van der Waals surface area contributed by atoms with Crippen LogP contribution in [-0.2, 0) is 0 Å². The lowest BCUT2D eigenvalue weighted by Crippen LogP contribution is -2.30. The second-order valence-corrected chi connectivity index (χ2v) is 4.30. The lowest BCUT2D eigenvalue weighted by atomic mass is 10.1. The molecule has 3 rings (SSSR count). The molecule has 19 heavy (non-hydrogen) atoms. The first-order chi connectivity index (χ1) is 9.24. The van der Waals surface area contributed by atoms with Crippen LogP contribution in [0.15, 0.2) is 42.6 Å². The number of pyridine rings is 1. The van der Waals surface area contributed by atoms with Gasteiger partial charge in [0.15, 0.2) is 11.6 Å². The van der Waals surface area contributed by atoms with Crippen LogP contribution >= 0.6 is 0 Å². The molecule has 1 radical (unpaired) electrons. The standard InChI is InChI=1S/C13H11BF2N3/c15-10-8-12(16)13(17-9-10)19-7-6-18(14-19)11-4-2-1-3-5-11/h1-5,8-9H,6-7H2. The molecule has 0 amide bonds. The maximum Gasteiger partial charge on any atom is 0.392 e. The lowest BCUT2D eigenvalue weighted by Gasteiger charge is -2.18. The van der Waals surface area contributed by atoms with Crippen LogP contribution in [0.3, 0.4) is 0 Å². The summed E-state index contributed by atoms with van der Waals surface area (Å²) in [5, 5.41) is 0. The van der Waals surface area contributed by atoms with Crippen LogP contribution in [0.1, 0.15) is 0 Å². The molecule has 0 saturated carbocycles. The van der Waals surface area contributed by atoms with E-state index in [4.69, 9.17) is 0 Å². The Kier molecular flexibility index (Phi) is 3.07. The number of aromatic nitrogens is 1. The fourth-order valence-corrected chi connectivity index (χ4v) is 2.09. The molecule has 1 saturated heterocycles. The van der Waals surface area contributed by atoms with Crippen LogP contribution in [-0.4, -0.2) is 25.6 Å². The zero-order chi connectivity index (χ0) is 13.2. The molecule has 1 aromatic heterocycles. The quantitative estimate of drug-likeness (QED) is 0.770. The molecular formula is C13H11BF2N3. The number of benzene rings is 1. The second-order valence-electron chi connectivity index (χ2n) is 4.30. The Morgan fingerprint density at radius 1 is 1.05 bits per heavy atom. The molecule has 3 nitrogen and oxygen atoms in total. The summed E-state index contributed by atoms with van der Waals surface area (Å²) in [5.74, 6) is -1.16. The Morgan fingerprint density at radius 2 is 1.79 bits per heavy atom. The highest BCUT2D eigenvalue weighted by atomic mass is 19.1. The summed E-state index contributed by atoms with van der Waals surface area (Å²) in [6, 6.07) is 10.6. The van der Waals surface area contributed by atoms with Gasteiger partial charge in [-0.3, -0.25) is 0 Å². The normalized spacial score (nSPS) is 14.6. The van der Waals surface area contributed by atoms with E-state index in [1.807, 2.05) is 35.1 Å². The largest absolute Gasteiger partial charge is 0.397 e. The van der Waals surface area contributed by atoms with Gasteiger partial charge in [-0.2, -0.15) is 0 Å². The van der Waals surface area contributed by atoms with Crippen molar-refractivity contribution in [3.63, 3.8) is 0 Å². The van der Waals surface area contributed by atoms with Gasteiger partial charge in [0.25, 0.3) is 0 Å². The molecule has 1 fully saturated rings. The molecule has 95 valence electrons. The summed E-state index contributed by atoms with van der Waals surface area (Å²) in [6.45, 7) is 1.35. The Hall–Kier alpha value is -2.11. The van der Waals surface area contributed by atoms with Gasteiger partial charge in [0.1, 0.15) is 5.82 Å². The Balaban J connectivity index is 1.79. The first-order valence-corrected chi connectivity index (χ1v) is 5.98. The van der Waals surface area contributed by atoms with Crippen LogP contribution in [0, 0.1) is 11.6 Å². The van der Waals surface area contributed by atoms with Crippen LogP contribution in [0.4, 0.5) is 20.3 Å². The van der Waals surface area contributed by atoms with Crippen molar-refractivity contribution in [3.05, 3.63) is 54.2 Å². The minimum absolute atomic E-state index is 0.153. The Bertz CT molecular complexity index is 579. The van der Waals surface area contributed by atoms with E-state index in [-0.39, 0.29) is 5.82 Å². The molecule has 0 bridgehead atoms. The van der Waals surface area contributed by atoms with Crippen LogP contribution in [0.5, 0.6) is 0 Å². The summed E-state index contributed by atoms with van der Waals surface area (Å²) < 4.78 is 26.5. The summed E-state index contributed by atoms with van der Waals surface area (Å²) >= 11 is 0. The van der Waals surface area contributed by atoms with Gasteiger partial charge in [-0.15, -0.1) is 0 Å². The van der Waals surface area contributed by atoms with Gasteiger partial charge in [-0.25, -0.2) is 13.8 Å². The lowest BCUT2D eigenvalue weighted by molar-refractivity contribution is 0.573. The molecule has 1 aliphatic heterocycles. The zero-order valence-electron chi connectivity index (χ0n) is 10.1. The Morgan fingerprint density at radius 3 is 2.53 bits per heavy atom. The highest BCUT2D eigenvalue weighted by molar-refractivity contribution is 6.48. The van der Waals surface area contributed by atoms with Crippen molar-refractivity contribution in [3.8, 4) is 0 Å². The third-order valence-corrected chi connectivity index (χ3v) is 3.01. The molecule has 0 N–H and O–H groups in total. The molecule has 1 aromatic carbocycles. The number of para-hydroxylation sites is 1. The van der Waals surface area contributed by atoms with Crippen LogP contribution < -0.4 is 9.62 Å². The van der Waals surface area contributed by atoms with E-state index < -0.39 is 11.6 Å². The minimum Gasteiger partial charge on any atom is -0.397 e. The summed E-state index contributed by atoms with van der Waals surface area (Å²) in [6.07, 6.45) is 1.03. The zero-order valence-corrected chi connectivity index (χ0v) is 10.1. The molecule has 2 heterocycles. The molecule has 1 aliphatic rings. The average molecular weight is 258 g/mol. The molecule has 2 aromatic rings. The fourth-order valence-electron chi connectivity index (χ4n) is 2.09. The molecule has 0 unspecified atom stereocenters. The second kappa shape index (κ2) is 4.88. The smallest absolute Gasteiger partial charge is 0.392 e. The average Bonchev–Trinajstić information content (AvgIpc) is 2.89. The third-order valence-electron chi connectivity index (χ3n) is 3.01. The first-order valence-electron chi connectivity index (χ1n) is 5.98. The number of halogens is 2. The van der Waals surface area contributed by atoms with E-state index in [0.717, 1.165) is 24.5 Å². The van der Waals surface area contributed by atoms with Gasteiger partial charge >= 0.3 is 7.55 Å². The SMILES string of the molecule is Fc1cnc(N2[B]N(c3ccccc3)CC2)c(F)c1. The maximum absolute atomic E-state index is 13.6. The van der Waals surface area contributed by atoms with Crippen molar-refractivity contribution in [2.45, 2.75) is 0 Å². The Labute approximate surface area is 110 Å². The molecule has 6 heteroatoms. The van der Waals surface area contributed by atoms with Crippen molar-refractivity contribution in [1.82, 2.24) is 4.98 Å². The number of hydrogen-bond acceptors (Lipinski definition) is 3. The summed E-state index contributed by atoms with van der Waals surface area (Å²) in [7, 11) is 1.79. The van der Waals surface area contributed by atoms with E-state index in [0.29, 0.717) is 6.54 Å². The van der Waals surface area contributed by atoms with E-state index in [2.05, 4.69) is 4.98 Å². The third kappa shape index (κ3) is 2.38. The number of anilines is 2. The molecular weight excluding hydrogens is 247 g/mol. The topological polar surface area (TPSA) is 19.4 Å². The van der Waals surface area contributed by atoms with Gasteiger partial charge in [0.05, 0.1) is 6.20 Å². The van der Waals surface area contributed by atoms with Gasteiger partial charge in [0, 0.05) is 24.8 Å². The number of nitrogens with zero attached hydrogens (tertiary/aromatic N) is 3. The van der Waals surface area contributed by atoms with E-state index in [1.54, 1.807) is 12.4 Å². The van der Waals surface area contributed by atoms with Gasteiger partial charge in [-0.05, 0) is 12.1 Å². The van der Waals surface area contributed by atoms with Crippen molar-refractivity contribution in [1.29, 1.82) is 0 Å². The van der Waals surface area contributed by atoms with Crippen LogP contribution in [0.2, 0.25) is 0 Å². The highest BCUT2D eigenvalue weighted by Gasteiger charge is 2.26. The van der Waals surface area contributed by atoms with Gasteiger partial charge in [0.2, 0.25) is 0 Å². The predicted molar refractivity (Wildman–Crippen MR) is 71.0 cm³/mol. The molecule has 0 atom stereocenters. The highest BCUT2D eigenvalue weighted by Crippen LogP contribution is 2.22. The molecule has 0 spiro atoms. The van der Waals surface area contributed by atoms with Gasteiger partial charge < -0.3 is 9.62 Å². The fraction of sp³-hybridized carbons (Fsp3) is 0.154. The van der Waals surface area contributed by atoms with Crippen molar-refractivity contribution in [2.24, 2.45) is 0 Å².